The Kier molecular flexibility index (Phi) is 4.29. The lowest BCUT2D eigenvalue weighted by atomic mass is 9.86. The second-order valence-electron chi connectivity index (χ2n) is 6.48. The minimum Gasteiger partial charge on any atom is -0.439 e. The van der Waals surface area contributed by atoms with Gasteiger partial charge in [0.05, 0.1) is 12.7 Å². The monoisotopic (exact) mass is 272 g/mol. The van der Waals surface area contributed by atoms with E-state index in [0.717, 1.165) is 17.2 Å². The smallest absolute Gasteiger partial charge is 0.208 e. The molecule has 1 N–H and O–H groups in total. The molecule has 3 heteroatoms. The van der Waals surface area contributed by atoms with Gasteiger partial charge in [0.15, 0.2) is 5.76 Å². The molecule has 0 saturated heterocycles. The summed E-state index contributed by atoms with van der Waals surface area (Å²) in [6, 6.07) is 8.94. The maximum absolute atomic E-state index is 5.77. The molecule has 0 aliphatic heterocycles. The number of aromatic nitrogens is 1. The Morgan fingerprint density at radius 3 is 2.35 bits per heavy atom. The van der Waals surface area contributed by atoms with E-state index in [2.05, 4.69) is 69.2 Å². The average molecular weight is 272 g/mol. The molecule has 1 aromatic carbocycles. The SMILES string of the molecule is CC(C)NCc1ncc(-c2ccc(C(C)(C)C)cc2)o1. The third-order valence-corrected chi connectivity index (χ3v) is 3.25. The van der Waals surface area contributed by atoms with Crippen molar-refractivity contribution >= 4 is 0 Å². The first-order valence-electron chi connectivity index (χ1n) is 7.15. The Morgan fingerprint density at radius 1 is 1.15 bits per heavy atom. The highest BCUT2D eigenvalue weighted by Crippen LogP contribution is 2.26. The summed E-state index contributed by atoms with van der Waals surface area (Å²) >= 11 is 0. The fourth-order valence-corrected chi connectivity index (χ4v) is 1.95. The van der Waals surface area contributed by atoms with Gasteiger partial charge in [0.1, 0.15) is 0 Å². The lowest BCUT2D eigenvalue weighted by molar-refractivity contribution is 0.459. The van der Waals surface area contributed by atoms with Crippen LogP contribution in [0.1, 0.15) is 46.1 Å². The number of hydrogen-bond donors (Lipinski definition) is 1. The fourth-order valence-electron chi connectivity index (χ4n) is 1.95. The minimum absolute atomic E-state index is 0.173. The summed E-state index contributed by atoms with van der Waals surface area (Å²) < 4.78 is 5.77. The third-order valence-electron chi connectivity index (χ3n) is 3.25. The van der Waals surface area contributed by atoms with Gasteiger partial charge in [0, 0.05) is 11.6 Å². The minimum atomic E-state index is 0.173. The molecule has 2 rings (SSSR count). The maximum Gasteiger partial charge on any atom is 0.208 e. The van der Waals surface area contributed by atoms with Crippen molar-refractivity contribution in [3.63, 3.8) is 0 Å². The second-order valence-corrected chi connectivity index (χ2v) is 6.48. The first-order chi connectivity index (χ1) is 9.36. The fraction of sp³-hybridized carbons (Fsp3) is 0.471. The Bertz CT molecular complexity index is 547. The van der Waals surface area contributed by atoms with Crippen LogP contribution in [0.25, 0.3) is 11.3 Å². The van der Waals surface area contributed by atoms with Gasteiger partial charge in [-0.15, -0.1) is 0 Å². The van der Waals surface area contributed by atoms with Crippen LogP contribution in [0.2, 0.25) is 0 Å². The van der Waals surface area contributed by atoms with Crippen LogP contribution < -0.4 is 5.32 Å². The molecule has 3 nitrogen and oxygen atoms in total. The molecule has 0 fully saturated rings. The van der Waals surface area contributed by atoms with Crippen molar-refractivity contribution in [1.82, 2.24) is 10.3 Å². The Labute approximate surface area is 121 Å². The van der Waals surface area contributed by atoms with E-state index in [9.17, 15) is 0 Å². The van der Waals surface area contributed by atoms with E-state index in [4.69, 9.17) is 4.42 Å². The molecule has 1 heterocycles. The number of hydrogen-bond acceptors (Lipinski definition) is 3. The van der Waals surface area contributed by atoms with Crippen LogP contribution in [-0.2, 0) is 12.0 Å². The molecule has 20 heavy (non-hydrogen) atoms. The van der Waals surface area contributed by atoms with Crippen molar-refractivity contribution in [2.24, 2.45) is 0 Å². The standard InChI is InChI=1S/C17H24N2O/c1-12(2)18-11-16-19-10-15(20-16)13-6-8-14(9-7-13)17(3,4)5/h6-10,12,18H,11H2,1-5H3. The molecule has 0 bridgehead atoms. The van der Waals surface area contributed by atoms with E-state index in [0.29, 0.717) is 12.6 Å². The summed E-state index contributed by atoms with van der Waals surface area (Å²) in [5.41, 5.74) is 2.57. The first kappa shape index (κ1) is 14.8. The molecule has 2 aromatic rings. The van der Waals surface area contributed by atoms with Crippen LogP contribution in [0.5, 0.6) is 0 Å². The highest BCUT2D eigenvalue weighted by molar-refractivity contribution is 5.57. The van der Waals surface area contributed by atoms with Crippen molar-refractivity contribution in [2.45, 2.75) is 52.6 Å². The number of benzene rings is 1. The van der Waals surface area contributed by atoms with Gasteiger partial charge in [-0.25, -0.2) is 4.98 Å². The van der Waals surface area contributed by atoms with Crippen molar-refractivity contribution in [3.8, 4) is 11.3 Å². The molecule has 1 aromatic heterocycles. The molecule has 0 unspecified atom stereocenters. The lowest BCUT2D eigenvalue weighted by Crippen LogP contribution is -2.21. The van der Waals surface area contributed by atoms with Gasteiger partial charge in [0.2, 0.25) is 5.89 Å². The summed E-state index contributed by atoms with van der Waals surface area (Å²) in [5.74, 6) is 1.56. The first-order valence-corrected chi connectivity index (χ1v) is 7.15. The quantitative estimate of drug-likeness (QED) is 0.909. The molecule has 0 saturated carbocycles. The van der Waals surface area contributed by atoms with Crippen LogP contribution in [0.3, 0.4) is 0 Å². The van der Waals surface area contributed by atoms with Gasteiger partial charge in [-0.05, 0) is 11.0 Å². The van der Waals surface area contributed by atoms with Gasteiger partial charge in [0.25, 0.3) is 0 Å². The molecule has 108 valence electrons. The number of rotatable bonds is 4. The van der Waals surface area contributed by atoms with E-state index in [-0.39, 0.29) is 5.41 Å². The highest BCUT2D eigenvalue weighted by atomic mass is 16.4. The van der Waals surface area contributed by atoms with Crippen molar-refractivity contribution in [3.05, 3.63) is 41.9 Å². The second kappa shape index (κ2) is 5.80. The van der Waals surface area contributed by atoms with Crippen molar-refractivity contribution in [1.29, 1.82) is 0 Å². The Hall–Kier alpha value is -1.61. The predicted molar refractivity (Wildman–Crippen MR) is 82.6 cm³/mol. The molecule has 0 radical (unpaired) electrons. The average Bonchev–Trinajstić information content (AvgIpc) is 2.84. The predicted octanol–water partition coefficient (Wildman–Crippen LogP) is 4.14. The summed E-state index contributed by atoms with van der Waals surface area (Å²) in [6.45, 7) is 11.5. The molecule has 0 amide bonds. The van der Waals surface area contributed by atoms with Gasteiger partial charge in [-0.3, -0.25) is 0 Å². The van der Waals surface area contributed by atoms with Crippen LogP contribution in [0, 0.1) is 0 Å². The molecule has 0 aliphatic carbocycles. The van der Waals surface area contributed by atoms with Gasteiger partial charge < -0.3 is 9.73 Å². The zero-order valence-electron chi connectivity index (χ0n) is 13.0. The zero-order chi connectivity index (χ0) is 14.8. The largest absolute Gasteiger partial charge is 0.439 e. The molecular weight excluding hydrogens is 248 g/mol. The zero-order valence-corrected chi connectivity index (χ0v) is 13.0. The van der Waals surface area contributed by atoms with Crippen LogP contribution in [-0.4, -0.2) is 11.0 Å². The summed E-state index contributed by atoms with van der Waals surface area (Å²) in [6.07, 6.45) is 1.80. The molecule has 0 atom stereocenters. The van der Waals surface area contributed by atoms with E-state index in [1.165, 1.54) is 5.56 Å². The van der Waals surface area contributed by atoms with Crippen LogP contribution in [0.15, 0.2) is 34.9 Å². The van der Waals surface area contributed by atoms with E-state index >= 15 is 0 Å². The van der Waals surface area contributed by atoms with E-state index in [1.807, 2.05) is 0 Å². The lowest BCUT2D eigenvalue weighted by Gasteiger charge is -2.18. The summed E-state index contributed by atoms with van der Waals surface area (Å²) in [4.78, 5) is 4.31. The highest BCUT2D eigenvalue weighted by Gasteiger charge is 2.14. The van der Waals surface area contributed by atoms with Crippen molar-refractivity contribution < 1.29 is 4.42 Å². The maximum atomic E-state index is 5.77. The van der Waals surface area contributed by atoms with Gasteiger partial charge in [-0.1, -0.05) is 58.9 Å². The summed E-state index contributed by atoms with van der Waals surface area (Å²) in [5, 5.41) is 3.30. The van der Waals surface area contributed by atoms with E-state index in [1.54, 1.807) is 6.20 Å². The third kappa shape index (κ3) is 3.70. The molecule has 0 aliphatic rings. The van der Waals surface area contributed by atoms with Gasteiger partial charge >= 0.3 is 0 Å². The Morgan fingerprint density at radius 2 is 1.80 bits per heavy atom. The number of nitrogens with zero attached hydrogens (tertiary/aromatic N) is 1. The van der Waals surface area contributed by atoms with E-state index < -0.39 is 0 Å². The molecular formula is C17H24N2O. The van der Waals surface area contributed by atoms with Crippen LogP contribution in [0.4, 0.5) is 0 Å². The Balaban J connectivity index is 2.12. The normalized spacial score (nSPS) is 12.1. The summed E-state index contributed by atoms with van der Waals surface area (Å²) in [7, 11) is 0. The number of nitrogens with one attached hydrogen (secondary N) is 1. The number of oxazole rings is 1. The topological polar surface area (TPSA) is 38.1 Å². The molecule has 0 spiro atoms. The van der Waals surface area contributed by atoms with Crippen molar-refractivity contribution in [2.75, 3.05) is 0 Å². The van der Waals surface area contributed by atoms with Crippen LogP contribution >= 0.6 is 0 Å². The van der Waals surface area contributed by atoms with Gasteiger partial charge in [-0.2, -0.15) is 0 Å².